The summed E-state index contributed by atoms with van der Waals surface area (Å²) in [5.41, 5.74) is 3.72. The third-order valence-electron chi connectivity index (χ3n) is 2.34. The van der Waals surface area contributed by atoms with Crippen LogP contribution in [0.5, 0.6) is 0 Å². The van der Waals surface area contributed by atoms with Crippen molar-refractivity contribution in [2.75, 3.05) is 5.43 Å². The van der Waals surface area contributed by atoms with E-state index in [2.05, 4.69) is 20.7 Å². The third-order valence-corrected chi connectivity index (χ3v) is 2.34. The largest absolute Gasteiger partial charge is 0.348 e. The lowest BCUT2D eigenvalue weighted by Crippen LogP contribution is -2.23. The molecule has 0 spiro atoms. The Balaban J connectivity index is 1.95. The van der Waals surface area contributed by atoms with Crippen molar-refractivity contribution in [1.82, 2.24) is 15.3 Å². The van der Waals surface area contributed by atoms with Gasteiger partial charge in [-0.2, -0.15) is 0 Å². The number of carbonyl (C=O) groups is 1. The zero-order valence-corrected chi connectivity index (χ0v) is 9.63. The lowest BCUT2D eigenvalue weighted by atomic mass is 10.2. The van der Waals surface area contributed by atoms with Crippen LogP contribution in [0.2, 0.25) is 0 Å². The number of hydrogen-bond acceptors (Lipinski definition) is 5. The van der Waals surface area contributed by atoms with Crippen LogP contribution in [0.3, 0.4) is 0 Å². The molecule has 0 aliphatic rings. The van der Waals surface area contributed by atoms with E-state index in [1.807, 2.05) is 30.3 Å². The molecule has 6 heteroatoms. The first-order chi connectivity index (χ1) is 8.79. The zero-order valence-electron chi connectivity index (χ0n) is 9.63. The standard InChI is InChI=1S/C12H13N5O/c13-17-12-15-7-10(8-16-12)11(18)14-6-9-4-2-1-3-5-9/h1-5,7-8H,6,13H2,(H,14,18)(H,15,16,17). The number of rotatable bonds is 4. The van der Waals surface area contributed by atoms with Crippen LogP contribution >= 0.6 is 0 Å². The zero-order chi connectivity index (χ0) is 12.8. The minimum absolute atomic E-state index is 0.220. The van der Waals surface area contributed by atoms with E-state index >= 15 is 0 Å². The summed E-state index contributed by atoms with van der Waals surface area (Å²) in [7, 11) is 0. The molecule has 2 rings (SSSR count). The molecule has 0 aliphatic heterocycles. The fourth-order valence-corrected chi connectivity index (χ4v) is 1.40. The number of carbonyl (C=O) groups excluding carboxylic acids is 1. The van der Waals surface area contributed by atoms with E-state index in [9.17, 15) is 4.79 Å². The first-order valence-corrected chi connectivity index (χ1v) is 5.40. The Morgan fingerprint density at radius 3 is 2.44 bits per heavy atom. The summed E-state index contributed by atoms with van der Waals surface area (Å²) in [5.74, 6) is 5.19. The van der Waals surface area contributed by atoms with Crippen LogP contribution in [0.1, 0.15) is 15.9 Å². The average Bonchev–Trinajstić information content (AvgIpc) is 2.46. The van der Waals surface area contributed by atoms with Gasteiger partial charge in [-0.3, -0.25) is 10.2 Å². The Labute approximate surface area is 104 Å². The van der Waals surface area contributed by atoms with Crippen molar-refractivity contribution in [1.29, 1.82) is 0 Å². The average molecular weight is 243 g/mol. The molecular formula is C12H13N5O. The normalized spacial score (nSPS) is 9.83. The maximum Gasteiger partial charge on any atom is 0.254 e. The third kappa shape index (κ3) is 3.02. The van der Waals surface area contributed by atoms with E-state index in [-0.39, 0.29) is 11.9 Å². The number of hydrazine groups is 1. The predicted molar refractivity (Wildman–Crippen MR) is 67.5 cm³/mol. The quantitative estimate of drug-likeness (QED) is 0.542. The van der Waals surface area contributed by atoms with Gasteiger partial charge >= 0.3 is 0 Å². The molecule has 1 aromatic heterocycles. The summed E-state index contributed by atoms with van der Waals surface area (Å²) >= 11 is 0. The molecule has 0 bridgehead atoms. The number of nitrogen functional groups attached to an aromatic ring is 1. The van der Waals surface area contributed by atoms with E-state index in [4.69, 9.17) is 5.84 Å². The highest BCUT2D eigenvalue weighted by molar-refractivity contribution is 5.93. The van der Waals surface area contributed by atoms with Gasteiger partial charge in [0.1, 0.15) is 0 Å². The molecule has 0 aliphatic carbocycles. The molecule has 4 N–H and O–H groups in total. The molecule has 0 unspecified atom stereocenters. The Kier molecular flexibility index (Phi) is 3.83. The highest BCUT2D eigenvalue weighted by Gasteiger charge is 2.06. The molecule has 1 aromatic carbocycles. The molecule has 0 saturated heterocycles. The van der Waals surface area contributed by atoms with Crippen LogP contribution in [-0.2, 0) is 6.54 Å². The van der Waals surface area contributed by atoms with Gasteiger partial charge in [-0.05, 0) is 5.56 Å². The molecule has 92 valence electrons. The number of benzene rings is 1. The topological polar surface area (TPSA) is 92.9 Å². The van der Waals surface area contributed by atoms with Gasteiger partial charge in [0.05, 0.1) is 5.56 Å². The van der Waals surface area contributed by atoms with Crippen molar-refractivity contribution in [3.8, 4) is 0 Å². The van der Waals surface area contributed by atoms with Crippen LogP contribution in [0, 0.1) is 0 Å². The second-order valence-electron chi connectivity index (χ2n) is 3.61. The van der Waals surface area contributed by atoms with Gasteiger partial charge in [-0.1, -0.05) is 30.3 Å². The fraction of sp³-hybridized carbons (Fsp3) is 0.0833. The van der Waals surface area contributed by atoms with Gasteiger partial charge in [0.15, 0.2) is 0 Å². The van der Waals surface area contributed by atoms with Gasteiger partial charge in [-0.25, -0.2) is 15.8 Å². The van der Waals surface area contributed by atoms with E-state index in [1.54, 1.807) is 0 Å². The number of aromatic nitrogens is 2. The van der Waals surface area contributed by atoms with Crippen molar-refractivity contribution in [3.63, 3.8) is 0 Å². The van der Waals surface area contributed by atoms with E-state index < -0.39 is 0 Å². The SMILES string of the molecule is NNc1ncc(C(=O)NCc2ccccc2)cn1. The molecule has 6 nitrogen and oxygen atoms in total. The monoisotopic (exact) mass is 243 g/mol. The fourth-order valence-electron chi connectivity index (χ4n) is 1.40. The first kappa shape index (κ1) is 12.0. The lowest BCUT2D eigenvalue weighted by molar-refractivity contribution is 0.0950. The van der Waals surface area contributed by atoms with Crippen LogP contribution in [-0.4, -0.2) is 15.9 Å². The van der Waals surface area contributed by atoms with E-state index in [1.165, 1.54) is 12.4 Å². The minimum atomic E-state index is -0.220. The highest BCUT2D eigenvalue weighted by atomic mass is 16.1. The van der Waals surface area contributed by atoms with Gasteiger partial charge < -0.3 is 5.32 Å². The minimum Gasteiger partial charge on any atom is -0.348 e. The molecule has 0 saturated carbocycles. The Morgan fingerprint density at radius 2 is 1.83 bits per heavy atom. The molecule has 2 aromatic rings. The lowest BCUT2D eigenvalue weighted by Gasteiger charge is -2.05. The molecule has 0 fully saturated rings. The van der Waals surface area contributed by atoms with Crippen LogP contribution in [0.15, 0.2) is 42.7 Å². The molecule has 0 atom stereocenters. The van der Waals surface area contributed by atoms with Gasteiger partial charge in [0.2, 0.25) is 5.95 Å². The summed E-state index contributed by atoms with van der Waals surface area (Å²) < 4.78 is 0. The molecule has 0 radical (unpaired) electrons. The molecular weight excluding hydrogens is 230 g/mol. The van der Waals surface area contributed by atoms with E-state index in [0.717, 1.165) is 5.56 Å². The summed E-state index contributed by atoms with van der Waals surface area (Å²) in [6.45, 7) is 0.469. The number of nitrogens with two attached hydrogens (primary N) is 1. The first-order valence-electron chi connectivity index (χ1n) is 5.40. The van der Waals surface area contributed by atoms with Crippen LogP contribution in [0.4, 0.5) is 5.95 Å². The number of anilines is 1. The Hall–Kier alpha value is -2.47. The van der Waals surface area contributed by atoms with Crippen molar-refractivity contribution in [2.24, 2.45) is 5.84 Å². The van der Waals surface area contributed by atoms with Crippen molar-refractivity contribution >= 4 is 11.9 Å². The maximum absolute atomic E-state index is 11.8. The Morgan fingerprint density at radius 1 is 1.17 bits per heavy atom. The maximum atomic E-state index is 11.8. The number of hydrogen-bond donors (Lipinski definition) is 3. The number of nitrogens with zero attached hydrogens (tertiary/aromatic N) is 2. The summed E-state index contributed by atoms with van der Waals surface area (Å²) in [4.78, 5) is 19.5. The molecule has 1 amide bonds. The van der Waals surface area contributed by atoms with Gasteiger partial charge in [0, 0.05) is 18.9 Å². The number of nitrogens with one attached hydrogen (secondary N) is 2. The van der Waals surface area contributed by atoms with Crippen molar-refractivity contribution in [2.45, 2.75) is 6.54 Å². The second-order valence-corrected chi connectivity index (χ2v) is 3.61. The highest BCUT2D eigenvalue weighted by Crippen LogP contribution is 2.01. The summed E-state index contributed by atoms with van der Waals surface area (Å²) in [6.07, 6.45) is 2.84. The van der Waals surface area contributed by atoms with Crippen molar-refractivity contribution < 1.29 is 4.79 Å². The van der Waals surface area contributed by atoms with Crippen LogP contribution < -0.4 is 16.6 Å². The molecule has 1 heterocycles. The van der Waals surface area contributed by atoms with Crippen LogP contribution in [0.25, 0.3) is 0 Å². The number of amides is 1. The molecule has 18 heavy (non-hydrogen) atoms. The smallest absolute Gasteiger partial charge is 0.254 e. The summed E-state index contributed by atoms with van der Waals surface area (Å²) in [6, 6.07) is 9.66. The van der Waals surface area contributed by atoms with Gasteiger partial charge in [-0.15, -0.1) is 0 Å². The van der Waals surface area contributed by atoms with E-state index in [0.29, 0.717) is 12.1 Å². The summed E-state index contributed by atoms with van der Waals surface area (Å²) in [5, 5.41) is 2.78. The predicted octanol–water partition coefficient (Wildman–Crippen LogP) is 0.692. The van der Waals surface area contributed by atoms with Gasteiger partial charge in [0.25, 0.3) is 5.91 Å². The second kappa shape index (κ2) is 5.74. The van der Waals surface area contributed by atoms with Crippen molar-refractivity contribution in [3.05, 3.63) is 53.9 Å². The Bertz CT molecular complexity index is 512.